The lowest BCUT2D eigenvalue weighted by atomic mass is 9.81. The fraction of sp³-hybridized carbons (Fsp3) is 0.824. The van der Waals surface area contributed by atoms with Crippen molar-refractivity contribution in [2.75, 3.05) is 14.2 Å². The zero-order valence-electron chi connectivity index (χ0n) is 13.5. The first kappa shape index (κ1) is 17.6. The van der Waals surface area contributed by atoms with Gasteiger partial charge in [0.25, 0.3) is 0 Å². The maximum atomic E-state index is 12.2. The third-order valence-electron chi connectivity index (χ3n) is 5.06. The number of rotatable bonds is 5. The van der Waals surface area contributed by atoms with Gasteiger partial charge >= 0.3 is 0 Å². The van der Waals surface area contributed by atoms with Crippen molar-refractivity contribution in [3.63, 3.8) is 0 Å². The predicted octanol–water partition coefficient (Wildman–Crippen LogP) is 1.46. The summed E-state index contributed by atoms with van der Waals surface area (Å²) in [6.45, 7) is 0. The van der Waals surface area contributed by atoms with Gasteiger partial charge in [-0.1, -0.05) is 6.08 Å². The van der Waals surface area contributed by atoms with Crippen LogP contribution in [0.4, 0.5) is 0 Å². The van der Waals surface area contributed by atoms with Crippen LogP contribution in [0.15, 0.2) is 12.2 Å². The Morgan fingerprint density at radius 2 is 1.73 bits per heavy atom. The maximum Gasteiger partial charge on any atom is 0.161 e. The summed E-state index contributed by atoms with van der Waals surface area (Å²) in [6.07, 6.45) is 6.78. The minimum atomic E-state index is -0.725. The third kappa shape index (κ3) is 4.38. The highest BCUT2D eigenvalue weighted by atomic mass is 16.5. The van der Waals surface area contributed by atoms with Gasteiger partial charge in [0.15, 0.2) is 5.78 Å². The van der Waals surface area contributed by atoms with Crippen LogP contribution < -0.4 is 0 Å². The summed E-state index contributed by atoms with van der Waals surface area (Å²) >= 11 is 0. The largest absolute Gasteiger partial charge is 0.393 e. The average molecular weight is 312 g/mol. The topological polar surface area (TPSA) is 76.0 Å². The highest BCUT2D eigenvalue weighted by Crippen LogP contribution is 2.30. The second-order valence-electron chi connectivity index (χ2n) is 6.52. The van der Waals surface area contributed by atoms with Gasteiger partial charge in [-0.25, -0.2) is 0 Å². The van der Waals surface area contributed by atoms with Crippen LogP contribution in [-0.4, -0.2) is 54.6 Å². The Morgan fingerprint density at radius 3 is 2.36 bits per heavy atom. The van der Waals surface area contributed by atoms with E-state index in [0.29, 0.717) is 25.2 Å². The molecule has 0 aromatic heterocycles. The molecule has 2 aliphatic rings. The van der Waals surface area contributed by atoms with E-state index in [1.165, 1.54) is 0 Å². The van der Waals surface area contributed by atoms with E-state index in [2.05, 4.69) is 0 Å². The van der Waals surface area contributed by atoms with Crippen molar-refractivity contribution in [3.05, 3.63) is 12.2 Å². The van der Waals surface area contributed by atoms with Crippen molar-refractivity contribution in [1.82, 2.24) is 0 Å². The van der Waals surface area contributed by atoms with Gasteiger partial charge in [0, 0.05) is 20.1 Å². The molecular formula is C17H28O5. The monoisotopic (exact) mass is 312 g/mol. The number of ether oxygens (including phenoxy) is 2. The number of aliphatic hydroxyl groups excluding tert-OH is 2. The lowest BCUT2D eigenvalue weighted by molar-refractivity contribution is -0.124. The summed E-state index contributed by atoms with van der Waals surface area (Å²) in [5, 5.41) is 19.4. The predicted molar refractivity (Wildman–Crippen MR) is 82.4 cm³/mol. The third-order valence-corrected chi connectivity index (χ3v) is 5.06. The van der Waals surface area contributed by atoms with Crippen LogP contribution in [0.1, 0.15) is 38.5 Å². The van der Waals surface area contributed by atoms with Gasteiger partial charge < -0.3 is 19.7 Å². The van der Waals surface area contributed by atoms with Crippen molar-refractivity contribution in [3.8, 4) is 0 Å². The van der Waals surface area contributed by atoms with E-state index in [4.69, 9.17) is 9.47 Å². The molecule has 0 aromatic carbocycles. The Bertz CT molecular complexity index is 395. The maximum absolute atomic E-state index is 12.2. The SMILES string of the molecule is COC1CCC(/C=C/C(=O)C2CCC(O)CC2O)CC1OC. The highest BCUT2D eigenvalue weighted by molar-refractivity contribution is 5.92. The summed E-state index contributed by atoms with van der Waals surface area (Å²) in [4.78, 5) is 12.2. The van der Waals surface area contributed by atoms with Gasteiger partial charge in [-0.15, -0.1) is 0 Å². The molecule has 2 N–H and O–H groups in total. The lowest BCUT2D eigenvalue weighted by Gasteiger charge is -2.33. The van der Waals surface area contributed by atoms with Crippen molar-refractivity contribution in [2.24, 2.45) is 11.8 Å². The first-order chi connectivity index (χ1) is 10.5. The average Bonchev–Trinajstić information content (AvgIpc) is 2.52. The fourth-order valence-electron chi connectivity index (χ4n) is 3.64. The Hall–Kier alpha value is -0.750. The molecule has 0 heterocycles. The van der Waals surface area contributed by atoms with Crippen LogP contribution in [0.2, 0.25) is 0 Å². The van der Waals surface area contributed by atoms with E-state index < -0.39 is 12.2 Å². The molecule has 0 aliphatic heterocycles. The van der Waals surface area contributed by atoms with Gasteiger partial charge in [0.05, 0.1) is 24.4 Å². The summed E-state index contributed by atoms with van der Waals surface area (Å²) in [5.41, 5.74) is 0. The van der Waals surface area contributed by atoms with Crippen LogP contribution in [0.3, 0.4) is 0 Å². The molecule has 126 valence electrons. The molecule has 0 spiro atoms. The molecule has 0 radical (unpaired) electrons. The Labute approximate surface area is 132 Å². The first-order valence-electron chi connectivity index (χ1n) is 8.19. The smallest absolute Gasteiger partial charge is 0.161 e. The Kier molecular flexibility index (Phi) is 6.56. The number of aliphatic hydroxyl groups is 2. The zero-order valence-corrected chi connectivity index (χ0v) is 13.5. The molecule has 6 atom stereocenters. The highest BCUT2D eigenvalue weighted by Gasteiger charge is 2.33. The molecule has 0 bridgehead atoms. The molecule has 5 nitrogen and oxygen atoms in total. The molecular weight excluding hydrogens is 284 g/mol. The second-order valence-corrected chi connectivity index (χ2v) is 6.52. The molecule has 5 heteroatoms. The second kappa shape index (κ2) is 8.20. The van der Waals surface area contributed by atoms with Crippen molar-refractivity contribution >= 4 is 5.78 Å². The van der Waals surface area contributed by atoms with Crippen LogP contribution in [0.5, 0.6) is 0 Å². The van der Waals surface area contributed by atoms with Gasteiger partial charge in [-0.3, -0.25) is 4.79 Å². The number of carbonyl (C=O) groups is 1. The van der Waals surface area contributed by atoms with E-state index in [1.807, 2.05) is 6.08 Å². The number of allylic oxidation sites excluding steroid dienone is 2. The molecule has 0 aromatic rings. The van der Waals surface area contributed by atoms with E-state index in [0.717, 1.165) is 19.3 Å². The quantitative estimate of drug-likeness (QED) is 0.752. The number of carbonyl (C=O) groups excluding carboxylic acids is 1. The zero-order chi connectivity index (χ0) is 16.1. The lowest BCUT2D eigenvalue weighted by Crippen LogP contribution is -2.37. The van der Waals surface area contributed by atoms with Crippen molar-refractivity contribution in [2.45, 2.75) is 62.9 Å². The summed E-state index contributed by atoms with van der Waals surface area (Å²) in [5.74, 6) is -0.0814. The molecule has 2 aliphatic carbocycles. The standard InChI is InChI=1S/C17H28O5/c1-21-16-8-4-11(9-17(16)22-2)3-7-14(19)13-6-5-12(18)10-15(13)20/h3,7,11-13,15-18,20H,4-6,8-10H2,1-2H3/b7-3+. The van der Waals surface area contributed by atoms with Gasteiger partial charge in [-0.05, 0) is 50.5 Å². The van der Waals surface area contributed by atoms with Crippen molar-refractivity contribution < 1.29 is 24.5 Å². The van der Waals surface area contributed by atoms with Gasteiger partial charge in [0.1, 0.15) is 0 Å². The van der Waals surface area contributed by atoms with E-state index in [9.17, 15) is 15.0 Å². The molecule has 22 heavy (non-hydrogen) atoms. The van der Waals surface area contributed by atoms with Gasteiger partial charge in [0.2, 0.25) is 0 Å². The molecule has 6 unspecified atom stereocenters. The molecule has 2 rings (SSSR count). The summed E-state index contributed by atoms with van der Waals surface area (Å²) in [6, 6.07) is 0. The van der Waals surface area contributed by atoms with E-state index in [1.54, 1.807) is 20.3 Å². The van der Waals surface area contributed by atoms with E-state index >= 15 is 0 Å². The van der Waals surface area contributed by atoms with Crippen LogP contribution >= 0.6 is 0 Å². The number of ketones is 1. The Morgan fingerprint density at radius 1 is 1.00 bits per heavy atom. The van der Waals surface area contributed by atoms with Gasteiger partial charge in [-0.2, -0.15) is 0 Å². The molecule has 0 saturated heterocycles. The minimum absolute atomic E-state index is 0.0257. The summed E-state index contributed by atoms with van der Waals surface area (Å²) in [7, 11) is 3.40. The number of methoxy groups -OCH3 is 2. The fourth-order valence-corrected chi connectivity index (χ4v) is 3.64. The number of hydrogen-bond acceptors (Lipinski definition) is 5. The Balaban J connectivity index is 1.87. The molecule has 2 saturated carbocycles. The number of hydrogen-bond donors (Lipinski definition) is 2. The first-order valence-corrected chi connectivity index (χ1v) is 8.19. The van der Waals surface area contributed by atoms with Crippen molar-refractivity contribution in [1.29, 1.82) is 0 Å². The van der Waals surface area contributed by atoms with Crippen LogP contribution in [0, 0.1) is 11.8 Å². The normalized spacial score (nSPS) is 40.0. The van der Waals surface area contributed by atoms with Crippen LogP contribution in [-0.2, 0) is 14.3 Å². The van der Waals surface area contributed by atoms with E-state index in [-0.39, 0.29) is 23.9 Å². The van der Waals surface area contributed by atoms with Crippen LogP contribution in [0.25, 0.3) is 0 Å². The minimum Gasteiger partial charge on any atom is -0.393 e. The molecule has 0 amide bonds. The summed E-state index contributed by atoms with van der Waals surface area (Å²) < 4.78 is 10.9. The molecule has 2 fully saturated rings.